The van der Waals surface area contributed by atoms with Gasteiger partial charge in [0.05, 0.1) is 5.92 Å². The van der Waals surface area contributed by atoms with Crippen LogP contribution < -0.4 is 5.32 Å². The minimum Gasteiger partial charge on any atom is -0.353 e. The van der Waals surface area contributed by atoms with E-state index in [0.29, 0.717) is 26.2 Å². The second-order valence-electron chi connectivity index (χ2n) is 7.61. The van der Waals surface area contributed by atoms with E-state index in [2.05, 4.69) is 17.2 Å². The normalized spacial score (nSPS) is 19.9. The van der Waals surface area contributed by atoms with Crippen LogP contribution in [0.4, 0.5) is 0 Å². The number of hydrogen-bond donors (Lipinski definition) is 1. The SMILES string of the molecule is CC#CC(=O)N1CCC(NC(=O)C2CC(=O)N(Cc3ccc(C)cc3)C2)CC1. The maximum absolute atomic E-state index is 12.6. The lowest BCUT2D eigenvalue weighted by Gasteiger charge is -2.31. The lowest BCUT2D eigenvalue weighted by atomic mass is 10.0. The highest BCUT2D eigenvalue weighted by molar-refractivity contribution is 5.93. The molecule has 0 radical (unpaired) electrons. The molecule has 3 rings (SSSR count). The quantitative estimate of drug-likeness (QED) is 0.803. The number of hydrogen-bond acceptors (Lipinski definition) is 3. The van der Waals surface area contributed by atoms with E-state index in [1.54, 1.807) is 16.7 Å². The molecule has 3 amide bonds. The van der Waals surface area contributed by atoms with Crippen molar-refractivity contribution in [3.63, 3.8) is 0 Å². The summed E-state index contributed by atoms with van der Waals surface area (Å²) < 4.78 is 0. The van der Waals surface area contributed by atoms with Gasteiger partial charge < -0.3 is 15.1 Å². The molecule has 0 bridgehead atoms. The van der Waals surface area contributed by atoms with Crippen molar-refractivity contribution >= 4 is 17.7 Å². The van der Waals surface area contributed by atoms with Gasteiger partial charge in [0, 0.05) is 38.6 Å². The fraction of sp³-hybridized carbons (Fsp3) is 0.500. The van der Waals surface area contributed by atoms with E-state index in [1.165, 1.54) is 5.56 Å². The Balaban J connectivity index is 1.47. The first kappa shape index (κ1) is 19.9. The molecule has 28 heavy (non-hydrogen) atoms. The van der Waals surface area contributed by atoms with Crippen molar-refractivity contribution in [2.24, 2.45) is 5.92 Å². The smallest absolute Gasteiger partial charge is 0.298 e. The summed E-state index contributed by atoms with van der Waals surface area (Å²) in [5, 5.41) is 3.07. The van der Waals surface area contributed by atoms with E-state index in [0.717, 1.165) is 18.4 Å². The van der Waals surface area contributed by atoms with E-state index in [1.807, 2.05) is 31.2 Å². The molecule has 1 aromatic carbocycles. The van der Waals surface area contributed by atoms with Crippen molar-refractivity contribution in [3.05, 3.63) is 35.4 Å². The van der Waals surface area contributed by atoms with Crippen molar-refractivity contribution in [3.8, 4) is 11.8 Å². The number of carbonyl (C=O) groups excluding carboxylic acids is 3. The van der Waals surface area contributed by atoms with Crippen LogP contribution in [0.2, 0.25) is 0 Å². The number of amides is 3. The highest BCUT2D eigenvalue weighted by Gasteiger charge is 2.35. The first-order valence-corrected chi connectivity index (χ1v) is 9.81. The van der Waals surface area contributed by atoms with Crippen LogP contribution in [-0.2, 0) is 20.9 Å². The van der Waals surface area contributed by atoms with Gasteiger partial charge in [-0.05, 0) is 38.2 Å². The molecule has 148 valence electrons. The van der Waals surface area contributed by atoms with Gasteiger partial charge in [-0.25, -0.2) is 0 Å². The molecule has 6 heteroatoms. The summed E-state index contributed by atoms with van der Waals surface area (Å²) in [6.45, 7) is 5.88. The number of likely N-dealkylation sites (tertiary alicyclic amines) is 2. The van der Waals surface area contributed by atoms with Crippen molar-refractivity contribution < 1.29 is 14.4 Å². The van der Waals surface area contributed by atoms with Crippen LogP contribution in [0.15, 0.2) is 24.3 Å². The third-order valence-electron chi connectivity index (χ3n) is 5.44. The van der Waals surface area contributed by atoms with E-state index in [9.17, 15) is 14.4 Å². The Kier molecular flexibility index (Phi) is 6.35. The Morgan fingerprint density at radius 3 is 2.50 bits per heavy atom. The molecule has 0 aliphatic carbocycles. The number of aryl methyl sites for hydroxylation is 1. The Hall–Kier alpha value is -2.81. The van der Waals surface area contributed by atoms with Gasteiger partial charge >= 0.3 is 0 Å². The lowest BCUT2D eigenvalue weighted by molar-refractivity contribution is -0.130. The molecule has 1 N–H and O–H groups in total. The van der Waals surface area contributed by atoms with Gasteiger partial charge in [0.1, 0.15) is 0 Å². The zero-order chi connectivity index (χ0) is 20.1. The molecule has 6 nitrogen and oxygen atoms in total. The largest absolute Gasteiger partial charge is 0.353 e. The van der Waals surface area contributed by atoms with E-state index < -0.39 is 0 Å². The highest BCUT2D eigenvalue weighted by Crippen LogP contribution is 2.21. The maximum Gasteiger partial charge on any atom is 0.298 e. The zero-order valence-corrected chi connectivity index (χ0v) is 16.5. The molecular weight excluding hydrogens is 354 g/mol. The number of nitrogens with one attached hydrogen (secondary N) is 1. The molecule has 0 spiro atoms. The molecule has 2 saturated heterocycles. The first-order valence-electron chi connectivity index (χ1n) is 9.81. The van der Waals surface area contributed by atoms with Crippen LogP contribution in [-0.4, -0.2) is 53.2 Å². The monoisotopic (exact) mass is 381 g/mol. The molecule has 2 aliphatic rings. The van der Waals surface area contributed by atoms with Gasteiger partial charge in [0.25, 0.3) is 5.91 Å². The summed E-state index contributed by atoms with van der Waals surface area (Å²) >= 11 is 0. The standard InChI is InChI=1S/C22H27N3O3/c1-3-4-20(26)24-11-9-19(10-12-24)23-22(28)18-13-21(27)25(15-18)14-17-7-5-16(2)6-8-17/h5-8,18-19H,9-15H2,1-2H3,(H,23,28). The van der Waals surface area contributed by atoms with Gasteiger partial charge in [-0.3, -0.25) is 14.4 Å². The zero-order valence-electron chi connectivity index (χ0n) is 16.5. The van der Waals surface area contributed by atoms with Gasteiger partial charge in [0.15, 0.2) is 0 Å². The third kappa shape index (κ3) is 4.92. The number of carbonyl (C=O) groups is 3. The topological polar surface area (TPSA) is 69.7 Å². The van der Waals surface area contributed by atoms with Crippen molar-refractivity contribution in [1.29, 1.82) is 0 Å². The average Bonchev–Trinajstić information content (AvgIpc) is 3.05. The van der Waals surface area contributed by atoms with Gasteiger partial charge in [-0.1, -0.05) is 35.7 Å². The molecular formula is C22H27N3O3. The predicted octanol–water partition coefficient (Wildman–Crippen LogP) is 1.47. The summed E-state index contributed by atoms with van der Waals surface area (Å²) in [6, 6.07) is 8.15. The highest BCUT2D eigenvalue weighted by atomic mass is 16.2. The van der Waals surface area contributed by atoms with Crippen LogP contribution in [0.25, 0.3) is 0 Å². The number of nitrogens with zero attached hydrogens (tertiary/aromatic N) is 2. The molecule has 2 fully saturated rings. The van der Waals surface area contributed by atoms with Crippen LogP contribution in [0.5, 0.6) is 0 Å². The Labute approximate surface area is 166 Å². The van der Waals surface area contributed by atoms with Gasteiger partial charge in [-0.15, -0.1) is 0 Å². The fourth-order valence-electron chi connectivity index (χ4n) is 3.75. The minimum absolute atomic E-state index is 0.0271. The van der Waals surface area contributed by atoms with Crippen LogP contribution >= 0.6 is 0 Å². The molecule has 0 saturated carbocycles. The number of piperidine rings is 1. The summed E-state index contributed by atoms with van der Waals surface area (Å²) in [5.74, 6) is 4.70. The molecule has 1 atom stereocenters. The number of rotatable bonds is 4. The molecule has 0 aromatic heterocycles. The Morgan fingerprint density at radius 1 is 1.18 bits per heavy atom. The van der Waals surface area contributed by atoms with Gasteiger partial charge in [-0.2, -0.15) is 0 Å². The second-order valence-corrected chi connectivity index (χ2v) is 7.61. The first-order chi connectivity index (χ1) is 13.5. The maximum atomic E-state index is 12.6. The van der Waals surface area contributed by atoms with E-state index in [-0.39, 0.29) is 36.1 Å². The molecule has 1 aromatic rings. The molecule has 2 aliphatic heterocycles. The van der Waals surface area contributed by atoms with E-state index in [4.69, 9.17) is 0 Å². The summed E-state index contributed by atoms with van der Waals surface area (Å²) in [4.78, 5) is 40.2. The fourth-order valence-corrected chi connectivity index (χ4v) is 3.75. The van der Waals surface area contributed by atoms with Gasteiger partial charge in [0.2, 0.25) is 11.8 Å². The van der Waals surface area contributed by atoms with E-state index >= 15 is 0 Å². The summed E-state index contributed by atoms with van der Waals surface area (Å²) in [6.07, 6.45) is 1.70. The Bertz CT molecular complexity index is 799. The lowest BCUT2D eigenvalue weighted by Crippen LogP contribution is -2.47. The third-order valence-corrected chi connectivity index (χ3v) is 5.44. The summed E-state index contributed by atoms with van der Waals surface area (Å²) in [5.41, 5.74) is 2.26. The molecule has 2 heterocycles. The average molecular weight is 381 g/mol. The van der Waals surface area contributed by atoms with Crippen molar-refractivity contribution in [2.45, 2.75) is 45.7 Å². The van der Waals surface area contributed by atoms with Crippen molar-refractivity contribution in [2.75, 3.05) is 19.6 Å². The van der Waals surface area contributed by atoms with Crippen LogP contribution in [0.1, 0.15) is 37.3 Å². The van der Waals surface area contributed by atoms with Crippen LogP contribution in [0, 0.1) is 24.7 Å². The molecule has 1 unspecified atom stereocenters. The summed E-state index contributed by atoms with van der Waals surface area (Å²) in [7, 11) is 0. The number of benzene rings is 1. The predicted molar refractivity (Wildman–Crippen MR) is 106 cm³/mol. The Morgan fingerprint density at radius 2 is 1.86 bits per heavy atom. The second kappa shape index (κ2) is 8.92. The van der Waals surface area contributed by atoms with Crippen LogP contribution in [0.3, 0.4) is 0 Å². The minimum atomic E-state index is -0.302. The van der Waals surface area contributed by atoms with Crippen molar-refractivity contribution in [1.82, 2.24) is 15.1 Å².